The zero-order valence-electron chi connectivity index (χ0n) is 13.7. The monoisotopic (exact) mass is 325 g/mol. The molecule has 1 saturated carbocycles. The number of amides is 1. The molecule has 1 amide bonds. The van der Waals surface area contributed by atoms with Gasteiger partial charge in [-0.15, -0.1) is 0 Å². The summed E-state index contributed by atoms with van der Waals surface area (Å²) in [5.41, 5.74) is 0.716. The Balaban J connectivity index is 1.62. The highest BCUT2D eigenvalue weighted by atomic mass is 16.5. The fourth-order valence-corrected chi connectivity index (χ4v) is 4.14. The van der Waals surface area contributed by atoms with Crippen molar-refractivity contribution in [1.82, 2.24) is 4.90 Å². The molecule has 2 aliphatic rings. The smallest absolute Gasteiger partial charge is 0.254 e. The summed E-state index contributed by atoms with van der Waals surface area (Å²) in [6, 6.07) is 13.9. The third-order valence-electron chi connectivity index (χ3n) is 5.45. The molecule has 2 fully saturated rings. The van der Waals surface area contributed by atoms with E-state index in [0.29, 0.717) is 25.3 Å². The first kappa shape index (κ1) is 15.6. The van der Waals surface area contributed by atoms with E-state index < -0.39 is 0 Å². The highest BCUT2D eigenvalue weighted by Gasteiger charge is 2.39. The van der Waals surface area contributed by atoms with Crippen LogP contribution in [-0.2, 0) is 4.74 Å². The van der Waals surface area contributed by atoms with E-state index in [9.17, 15) is 9.90 Å². The summed E-state index contributed by atoms with van der Waals surface area (Å²) < 4.78 is 5.62. The first-order chi connectivity index (χ1) is 11.7. The van der Waals surface area contributed by atoms with Crippen molar-refractivity contribution in [3.8, 4) is 0 Å². The van der Waals surface area contributed by atoms with E-state index in [2.05, 4.69) is 6.07 Å². The molecule has 0 aromatic heterocycles. The van der Waals surface area contributed by atoms with Gasteiger partial charge in [-0.3, -0.25) is 4.79 Å². The molecule has 2 aromatic carbocycles. The van der Waals surface area contributed by atoms with Crippen molar-refractivity contribution in [1.29, 1.82) is 0 Å². The van der Waals surface area contributed by atoms with Gasteiger partial charge in [0.15, 0.2) is 0 Å². The van der Waals surface area contributed by atoms with Crippen LogP contribution in [0.4, 0.5) is 0 Å². The molecule has 2 aromatic rings. The molecule has 24 heavy (non-hydrogen) atoms. The minimum absolute atomic E-state index is 0.0183. The summed E-state index contributed by atoms with van der Waals surface area (Å²) in [6.45, 7) is 1.69. The average molecular weight is 325 g/mol. The standard InChI is InChI=1S/C20H23NO3/c22-19-7-3-6-17(19)18-13-24-11-10-21(18)20(23)16-9-8-14-4-1-2-5-15(14)12-16/h1-2,4-5,8-9,12,17-19,22H,3,6-7,10-11,13H2/t17-,18+,19+/m0/s1. The van der Waals surface area contributed by atoms with E-state index in [4.69, 9.17) is 4.74 Å². The van der Waals surface area contributed by atoms with Gasteiger partial charge in [-0.1, -0.05) is 36.8 Å². The van der Waals surface area contributed by atoms with Gasteiger partial charge in [0.1, 0.15) is 0 Å². The molecule has 0 spiro atoms. The summed E-state index contributed by atoms with van der Waals surface area (Å²) in [4.78, 5) is 15.0. The largest absolute Gasteiger partial charge is 0.393 e. The molecule has 1 saturated heterocycles. The molecule has 4 rings (SSSR count). The van der Waals surface area contributed by atoms with E-state index in [1.807, 2.05) is 41.3 Å². The Bertz CT molecular complexity index is 744. The Kier molecular flexibility index (Phi) is 4.25. The average Bonchev–Trinajstić information content (AvgIpc) is 3.06. The maximum Gasteiger partial charge on any atom is 0.254 e. The highest BCUT2D eigenvalue weighted by molar-refractivity contribution is 5.98. The molecule has 1 N–H and O–H groups in total. The minimum Gasteiger partial charge on any atom is -0.393 e. The van der Waals surface area contributed by atoms with E-state index in [1.54, 1.807) is 0 Å². The summed E-state index contributed by atoms with van der Waals surface area (Å²) in [5, 5.41) is 12.5. The molecule has 1 aliphatic heterocycles. The number of fused-ring (bicyclic) bond motifs is 1. The molecular formula is C20H23NO3. The molecule has 1 heterocycles. The fraction of sp³-hybridized carbons (Fsp3) is 0.450. The molecule has 0 radical (unpaired) electrons. The number of aliphatic hydroxyl groups is 1. The lowest BCUT2D eigenvalue weighted by molar-refractivity contribution is -0.0383. The number of hydrogen-bond donors (Lipinski definition) is 1. The van der Waals surface area contributed by atoms with Crippen LogP contribution in [0.3, 0.4) is 0 Å². The maximum absolute atomic E-state index is 13.1. The van der Waals surface area contributed by atoms with Crippen molar-refractivity contribution in [3.05, 3.63) is 48.0 Å². The number of benzene rings is 2. The van der Waals surface area contributed by atoms with Crippen molar-refractivity contribution < 1.29 is 14.6 Å². The Morgan fingerprint density at radius 1 is 1.12 bits per heavy atom. The zero-order valence-corrected chi connectivity index (χ0v) is 13.7. The van der Waals surface area contributed by atoms with Crippen LogP contribution < -0.4 is 0 Å². The van der Waals surface area contributed by atoms with Crippen LogP contribution in [-0.4, -0.2) is 47.8 Å². The second-order valence-electron chi connectivity index (χ2n) is 6.86. The predicted octanol–water partition coefficient (Wildman–Crippen LogP) is 2.84. The number of carbonyl (C=O) groups excluding carboxylic acids is 1. The SMILES string of the molecule is O=C(c1ccc2ccccc2c1)N1CCOC[C@@H]1[C@@H]1CCC[C@H]1O. The molecule has 126 valence electrons. The van der Waals surface area contributed by atoms with Crippen molar-refractivity contribution in [2.75, 3.05) is 19.8 Å². The summed E-state index contributed by atoms with van der Waals surface area (Å²) in [5.74, 6) is 0.183. The number of hydrogen-bond acceptors (Lipinski definition) is 3. The lowest BCUT2D eigenvalue weighted by Gasteiger charge is -2.40. The molecule has 1 aliphatic carbocycles. The third kappa shape index (κ3) is 2.80. The maximum atomic E-state index is 13.1. The Labute approximate surface area is 142 Å². The topological polar surface area (TPSA) is 49.8 Å². The van der Waals surface area contributed by atoms with Crippen LogP contribution in [0.15, 0.2) is 42.5 Å². The normalized spacial score (nSPS) is 27.5. The number of rotatable bonds is 2. The molecule has 4 nitrogen and oxygen atoms in total. The van der Waals surface area contributed by atoms with Gasteiger partial charge in [0, 0.05) is 18.0 Å². The second kappa shape index (κ2) is 6.54. The number of carbonyl (C=O) groups is 1. The number of morpholine rings is 1. The molecule has 0 unspecified atom stereocenters. The zero-order chi connectivity index (χ0) is 16.5. The van der Waals surface area contributed by atoms with Gasteiger partial charge in [0.2, 0.25) is 0 Å². The first-order valence-corrected chi connectivity index (χ1v) is 8.79. The van der Waals surface area contributed by atoms with E-state index >= 15 is 0 Å². The van der Waals surface area contributed by atoms with Gasteiger partial charge in [0.25, 0.3) is 5.91 Å². The fourth-order valence-electron chi connectivity index (χ4n) is 4.14. The molecular weight excluding hydrogens is 302 g/mol. The van der Waals surface area contributed by atoms with Crippen molar-refractivity contribution in [3.63, 3.8) is 0 Å². The highest BCUT2D eigenvalue weighted by Crippen LogP contribution is 2.33. The van der Waals surface area contributed by atoms with Gasteiger partial charge in [0.05, 0.1) is 25.4 Å². The third-order valence-corrected chi connectivity index (χ3v) is 5.45. The van der Waals surface area contributed by atoms with Crippen LogP contribution in [0.5, 0.6) is 0 Å². The lowest BCUT2D eigenvalue weighted by Crippen LogP contribution is -2.53. The summed E-state index contributed by atoms with van der Waals surface area (Å²) in [7, 11) is 0. The Morgan fingerprint density at radius 2 is 1.96 bits per heavy atom. The number of ether oxygens (including phenoxy) is 1. The van der Waals surface area contributed by atoms with Crippen LogP contribution in [0.1, 0.15) is 29.6 Å². The van der Waals surface area contributed by atoms with Crippen molar-refractivity contribution >= 4 is 16.7 Å². The Hall–Kier alpha value is -1.91. The molecule has 3 atom stereocenters. The second-order valence-corrected chi connectivity index (χ2v) is 6.86. The van der Waals surface area contributed by atoms with E-state index in [0.717, 1.165) is 30.0 Å². The minimum atomic E-state index is -0.316. The lowest BCUT2D eigenvalue weighted by atomic mass is 9.93. The Morgan fingerprint density at radius 3 is 2.75 bits per heavy atom. The van der Waals surface area contributed by atoms with Crippen LogP contribution in [0.25, 0.3) is 10.8 Å². The van der Waals surface area contributed by atoms with Gasteiger partial charge < -0.3 is 14.7 Å². The van der Waals surface area contributed by atoms with Crippen LogP contribution in [0, 0.1) is 5.92 Å². The number of nitrogens with zero attached hydrogens (tertiary/aromatic N) is 1. The summed E-state index contributed by atoms with van der Waals surface area (Å²) in [6.07, 6.45) is 2.51. The van der Waals surface area contributed by atoms with E-state index in [-0.39, 0.29) is 24.0 Å². The van der Waals surface area contributed by atoms with Gasteiger partial charge in [-0.25, -0.2) is 0 Å². The molecule has 4 heteroatoms. The predicted molar refractivity (Wildman–Crippen MR) is 92.9 cm³/mol. The number of aliphatic hydroxyl groups excluding tert-OH is 1. The van der Waals surface area contributed by atoms with Gasteiger partial charge in [-0.2, -0.15) is 0 Å². The van der Waals surface area contributed by atoms with Crippen LogP contribution in [0.2, 0.25) is 0 Å². The van der Waals surface area contributed by atoms with Crippen molar-refractivity contribution in [2.24, 2.45) is 5.92 Å². The van der Waals surface area contributed by atoms with Crippen LogP contribution >= 0.6 is 0 Å². The van der Waals surface area contributed by atoms with E-state index in [1.165, 1.54) is 0 Å². The van der Waals surface area contributed by atoms with Gasteiger partial charge >= 0.3 is 0 Å². The van der Waals surface area contributed by atoms with Gasteiger partial charge in [-0.05, 0) is 35.7 Å². The summed E-state index contributed by atoms with van der Waals surface area (Å²) >= 11 is 0. The van der Waals surface area contributed by atoms with Crippen molar-refractivity contribution in [2.45, 2.75) is 31.4 Å². The quantitative estimate of drug-likeness (QED) is 0.924. The molecule has 0 bridgehead atoms. The first-order valence-electron chi connectivity index (χ1n) is 8.79.